The fraction of sp³-hybridized carbons (Fsp3) is 0.257. The summed E-state index contributed by atoms with van der Waals surface area (Å²) in [6, 6.07) is 28.2. The van der Waals surface area contributed by atoms with Crippen molar-refractivity contribution in [2.75, 3.05) is 25.5 Å². The van der Waals surface area contributed by atoms with E-state index in [2.05, 4.69) is 36.8 Å². The molecule has 0 saturated heterocycles. The number of aliphatic hydroxyl groups is 1. The third-order valence-corrected chi connectivity index (χ3v) is 9.10. The molecule has 1 aliphatic heterocycles. The number of carbonyl (C=O) groups is 1. The van der Waals surface area contributed by atoms with Crippen LogP contribution in [0.4, 0.5) is 10.1 Å². The Kier molecular flexibility index (Phi) is 12.5. The number of aliphatic hydroxyl groups excluding tert-OH is 1. The summed E-state index contributed by atoms with van der Waals surface area (Å²) in [5.74, 6) is 1.56. The van der Waals surface area contributed by atoms with Gasteiger partial charge in [-0.2, -0.15) is 11.8 Å². The van der Waals surface area contributed by atoms with Crippen LogP contribution in [0.5, 0.6) is 5.75 Å². The summed E-state index contributed by atoms with van der Waals surface area (Å²) in [4.78, 5) is 22.4. The van der Waals surface area contributed by atoms with Crippen LogP contribution in [0.3, 0.4) is 0 Å². The van der Waals surface area contributed by atoms with Crippen molar-refractivity contribution in [2.45, 2.75) is 30.2 Å². The number of halogens is 2. The Labute approximate surface area is 290 Å². The summed E-state index contributed by atoms with van der Waals surface area (Å²) in [5.41, 5.74) is 17.1. The van der Waals surface area contributed by atoms with Crippen LogP contribution in [0.15, 0.2) is 112 Å². The second-order valence-electron chi connectivity index (χ2n) is 10.9. The largest absolute Gasteiger partial charge is 0.494 e. The van der Waals surface area contributed by atoms with Crippen LogP contribution in [0.2, 0.25) is 0 Å². The topological polar surface area (TPSA) is 141 Å². The van der Waals surface area contributed by atoms with Crippen molar-refractivity contribution in [1.29, 1.82) is 0 Å². The number of hydrogen-bond donors (Lipinski definition) is 3. The van der Waals surface area contributed by atoms with Crippen molar-refractivity contribution in [3.05, 3.63) is 140 Å². The number of azide groups is 1. The monoisotopic (exact) mass is 732 g/mol. The summed E-state index contributed by atoms with van der Waals surface area (Å²) in [5, 5.41) is 13.0. The SMILES string of the molecule is [N-]=[N+]=Nc1ccccc1[C@@H]1OC(c2ccc(OCCCO)cc2)=N[C@]1(Cc1ccc(Br)cc1)C(=O)NNCCSCc1ccc(F)cc1. The smallest absolute Gasteiger partial charge is 0.266 e. The van der Waals surface area contributed by atoms with Gasteiger partial charge in [-0.15, -0.1) is 0 Å². The van der Waals surface area contributed by atoms with Crippen molar-refractivity contribution in [3.8, 4) is 5.75 Å². The van der Waals surface area contributed by atoms with Gasteiger partial charge in [0.25, 0.3) is 5.91 Å². The van der Waals surface area contributed by atoms with Crippen molar-refractivity contribution in [2.24, 2.45) is 10.1 Å². The van der Waals surface area contributed by atoms with Gasteiger partial charge >= 0.3 is 0 Å². The van der Waals surface area contributed by atoms with Gasteiger partial charge in [-0.05, 0) is 65.2 Å². The van der Waals surface area contributed by atoms with Crippen molar-refractivity contribution in [1.82, 2.24) is 10.9 Å². The summed E-state index contributed by atoms with van der Waals surface area (Å²) in [6.45, 7) is 0.870. The van der Waals surface area contributed by atoms with E-state index in [1.807, 2.05) is 24.3 Å². The number of benzene rings is 4. The minimum Gasteiger partial charge on any atom is -0.494 e. The first kappa shape index (κ1) is 34.9. The van der Waals surface area contributed by atoms with Crippen LogP contribution in [0.25, 0.3) is 10.4 Å². The van der Waals surface area contributed by atoms with Crippen molar-refractivity contribution < 1.29 is 23.8 Å². The zero-order valence-electron chi connectivity index (χ0n) is 25.9. The zero-order valence-corrected chi connectivity index (χ0v) is 28.3. The molecule has 4 aromatic carbocycles. The number of nitrogens with one attached hydrogen (secondary N) is 2. The second-order valence-corrected chi connectivity index (χ2v) is 12.9. The highest BCUT2D eigenvalue weighted by atomic mass is 79.9. The van der Waals surface area contributed by atoms with Gasteiger partial charge in [-0.1, -0.05) is 69.6 Å². The highest BCUT2D eigenvalue weighted by Crippen LogP contribution is 2.45. The van der Waals surface area contributed by atoms with Gasteiger partial charge in [0.2, 0.25) is 5.90 Å². The van der Waals surface area contributed by atoms with Gasteiger partial charge in [0.1, 0.15) is 11.6 Å². The molecule has 0 bridgehead atoms. The van der Waals surface area contributed by atoms with Gasteiger partial charge in [0.05, 0.1) is 6.61 Å². The lowest BCUT2D eigenvalue weighted by molar-refractivity contribution is -0.130. The number of hydrogen-bond acceptors (Lipinski definition) is 8. The van der Waals surface area contributed by atoms with E-state index in [4.69, 9.17) is 19.6 Å². The Bertz CT molecular complexity index is 1750. The minimum atomic E-state index is -1.51. The number of carbonyl (C=O) groups excluding carboxylic acids is 1. The molecule has 0 unspecified atom stereocenters. The molecule has 1 amide bonds. The lowest BCUT2D eigenvalue weighted by Gasteiger charge is -2.31. The standard InChI is InChI=1S/C35H34BrFN6O4S/c36-27-12-6-24(7-13-27)22-35(34(45)42-39-18-21-48-23-25-8-14-28(37)15-9-25)32(30-4-1-2-5-31(30)41-43-38)47-33(40-35)26-10-16-29(17-11-26)46-20-3-19-44/h1-2,4-17,32,39,44H,3,18-23H2,(H,42,45)/t32-,35-/m0/s1. The highest BCUT2D eigenvalue weighted by molar-refractivity contribution is 9.10. The fourth-order valence-corrected chi connectivity index (χ4v) is 6.25. The second kappa shape index (κ2) is 17.1. The van der Waals surface area contributed by atoms with Crippen LogP contribution in [0.1, 0.15) is 34.8 Å². The van der Waals surface area contributed by atoms with Gasteiger partial charge in [0, 0.05) is 63.7 Å². The first-order chi connectivity index (χ1) is 23.4. The molecule has 5 rings (SSSR count). The molecule has 2 atom stereocenters. The molecule has 0 saturated carbocycles. The molecule has 248 valence electrons. The number of hydrazine groups is 1. The average Bonchev–Trinajstić information content (AvgIpc) is 3.49. The highest BCUT2D eigenvalue weighted by Gasteiger charge is 2.54. The molecule has 0 fully saturated rings. The predicted molar refractivity (Wildman–Crippen MR) is 189 cm³/mol. The van der Waals surface area contributed by atoms with E-state index >= 15 is 0 Å². The van der Waals surface area contributed by atoms with Crippen LogP contribution in [0, 0.1) is 5.82 Å². The number of thioether (sulfide) groups is 1. The quantitative estimate of drug-likeness (QED) is 0.0362. The van der Waals surface area contributed by atoms with Crippen molar-refractivity contribution in [3.63, 3.8) is 0 Å². The first-order valence-electron chi connectivity index (χ1n) is 15.3. The number of aliphatic imine (C=N–C) groups is 1. The normalized spacial score (nSPS) is 16.8. The molecule has 0 radical (unpaired) electrons. The van der Waals surface area contributed by atoms with Gasteiger partial charge in [0.15, 0.2) is 11.6 Å². The summed E-state index contributed by atoms with van der Waals surface area (Å²) in [7, 11) is 0. The number of amides is 1. The number of nitrogens with zero attached hydrogens (tertiary/aromatic N) is 4. The predicted octanol–water partition coefficient (Wildman–Crippen LogP) is 7.35. The maximum absolute atomic E-state index is 14.4. The molecule has 10 nitrogen and oxygen atoms in total. The van der Waals surface area contributed by atoms with Crippen LogP contribution in [-0.4, -0.2) is 48.0 Å². The Morgan fingerprint density at radius 1 is 1.06 bits per heavy atom. The Balaban J connectivity index is 1.44. The minimum absolute atomic E-state index is 0.0354. The van der Waals surface area contributed by atoms with Gasteiger partial charge < -0.3 is 14.6 Å². The Morgan fingerprint density at radius 3 is 2.52 bits per heavy atom. The maximum Gasteiger partial charge on any atom is 0.266 e. The molecular formula is C35H34BrFN6O4S. The summed E-state index contributed by atoms with van der Waals surface area (Å²) in [6.07, 6.45) is -0.264. The summed E-state index contributed by atoms with van der Waals surface area (Å²) >= 11 is 5.13. The van der Waals surface area contributed by atoms with E-state index in [1.165, 1.54) is 12.1 Å². The molecule has 0 spiro atoms. The molecule has 0 aliphatic carbocycles. The zero-order chi connectivity index (χ0) is 33.8. The molecule has 1 heterocycles. The van der Waals surface area contributed by atoms with Crippen LogP contribution in [-0.2, 0) is 21.7 Å². The molecule has 1 aliphatic rings. The van der Waals surface area contributed by atoms with E-state index < -0.39 is 17.6 Å². The van der Waals surface area contributed by atoms with Gasteiger partial charge in [-0.25, -0.2) is 14.8 Å². The molecular weight excluding hydrogens is 699 g/mol. The van der Waals surface area contributed by atoms with E-state index in [0.717, 1.165) is 15.6 Å². The van der Waals surface area contributed by atoms with E-state index in [1.54, 1.807) is 72.4 Å². The van der Waals surface area contributed by atoms with E-state index in [-0.39, 0.29) is 24.7 Å². The fourth-order valence-electron chi connectivity index (χ4n) is 5.17. The molecule has 3 N–H and O–H groups in total. The lowest BCUT2D eigenvalue weighted by Crippen LogP contribution is -2.54. The van der Waals surface area contributed by atoms with E-state index in [0.29, 0.717) is 53.6 Å². The van der Waals surface area contributed by atoms with Gasteiger partial charge in [-0.3, -0.25) is 10.2 Å². The lowest BCUT2D eigenvalue weighted by atomic mass is 9.81. The average molecular weight is 734 g/mol. The molecule has 13 heteroatoms. The third kappa shape index (κ3) is 8.94. The van der Waals surface area contributed by atoms with Crippen molar-refractivity contribution >= 4 is 45.2 Å². The van der Waals surface area contributed by atoms with Crippen LogP contribution >= 0.6 is 27.7 Å². The molecule has 4 aromatic rings. The number of rotatable bonds is 16. The van der Waals surface area contributed by atoms with Crippen LogP contribution < -0.4 is 15.6 Å². The first-order valence-corrected chi connectivity index (χ1v) is 17.2. The molecule has 48 heavy (non-hydrogen) atoms. The van der Waals surface area contributed by atoms with E-state index in [9.17, 15) is 14.7 Å². The third-order valence-electron chi connectivity index (χ3n) is 7.54. The maximum atomic E-state index is 14.4. The summed E-state index contributed by atoms with van der Waals surface area (Å²) < 4.78 is 26.4. The number of ether oxygens (including phenoxy) is 2. The Hall–Kier alpha value is -4.39. The Morgan fingerprint density at radius 2 is 1.79 bits per heavy atom. The molecule has 0 aromatic heterocycles.